The summed E-state index contributed by atoms with van der Waals surface area (Å²) in [5.41, 5.74) is -0.666. The van der Waals surface area contributed by atoms with Gasteiger partial charge in [0.25, 0.3) is 0 Å². The molecular formula is C15H19F4N. The largest absolute Gasteiger partial charge is 0.419 e. The summed E-state index contributed by atoms with van der Waals surface area (Å²) in [5.74, 6) is -0.450. The minimum atomic E-state index is -4.65. The van der Waals surface area contributed by atoms with Crippen LogP contribution in [-0.2, 0) is 6.18 Å². The first-order valence-electron chi connectivity index (χ1n) is 6.88. The van der Waals surface area contributed by atoms with Gasteiger partial charge in [-0.15, -0.1) is 0 Å². The van der Waals surface area contributed by atoms with Crippen LogP contribution >= 0.6 is 0 Å². The average molecular weight is 289 g/mol. The average Bonchev–Trinajstić information content (AvgIpc) is 2.77. The van der Waals surface area contributed by atoms with Crippen LogP contribution in [0.1, 0.15) is 43.4 Å². The van der Waals surface area contributed by atoms with Gasteiger partial charge in [0.15, 0.2) is 0 Å². The number of halogens is 4. The van der Waals surface area contributed by atoms with Crippen molar-refractivity contribution >= 4 is 0 Å². The van der Waals surface area contributed by atoms with E-state index < -0.39 is 17.6 Å². The van der Waals surface area contributed by atoms with Crippen molar-refractivity contribution in [2.45, 2.75) is 38.4 Å². The molecule has 0 heterocycles. The maximum Gasteiger partial charge on any atom is 0.419 e. The van der Waals surface area contributed by atoms with Crippen molar-refractivity contribution < 1.29 is 17.6 Å². The highest BCUT2D eigenvalue weighted by Crippen LogP contribution is 2.41. The SMILES string of the molecule is CNC(c1ccc(F)c(C(F)(F)F)c1)C1CCCC1C. The molecule has 112 valence electrons. The second-order valence-corrected chi connectivity index (χ2v) is 5.58. The second kappa shape index (κ2) is 5.72. The highest BCUT2D eigenvalue weighted by molar-refractivity contribution is 5.30. The van der Waals surface area contributed by atoms with Gasteiger partial charge in [0, 0.05) is 6.04 Å². The summed E-state index contributed by atoms with van der Waals surface area (Å²) in [4.78, 5) is 0. The van der Waals surface area contributed by atoms with Crippen LogP contribution in [0.15, 0.2) is 18.2 Å². The van der Waals surface area contributed by atoms with Gasteiger partial charge >= 0.3 is 6.18 Å². The Morgan fingerprint density at radius 1 is 1.25 bits per heavy atom. The van der Waals surface area contributed by atoms with E-state index in [9.17, 15) is 17.6 Å². The number of rotatable bonds is 3. The summed E-state index contributed by atoms with van der Waals surface area (Å²) in [6.07, 6.45) is -1.47. The van der Waals surface area contributed by atoms with Gasteiger partial charge in [0.2, 0.25) is 0 Å². The fraction of sp³-hybridized carbons (Fsp3) is 0.600. The number of nitrogens with one attached hydrogen (secondary N) is 1. The van der Waals surface area contributed by atoms with E-state index in [0.717, 1.165) is 31.4 Å². The van der Waals surface area contributed by atoms with E-state index in [1.807, 2.05) is 0 Å². The number of benzene rings is 1. The zero-order valence-corrected chi connectivity index (χ0v) is 11.6. The third-order valence-corrected chi connectivity index (χ3v) is 4.32. The maximum absolute atomic E-state index is 13.3. The fourth-order valence-corrected chi connectivity index (χ4v) is 3.25. The summed E-state index contributed by atoms with van der Waals surface area (Å²) < 4.78 is 51.7. The maximum atomic E-state index is 13.3. The standard InChI is InChI=1S/C15H19F4N/c1-9-4-3-5-11(9)14(20-2)10-6-7-13(16)12(8-10)15(17,18)19/h6-9,11,14,20H,3-5H2,1-2H3. The van der Waals surface area contributed by atoms with E-state index in [4.69, 9.17) is 0 Å². The van der Waals surface area contributed by atoms with E-state index >= 15 is 0 Å². The van der Waals surface area contributed by atoms with Gasteiger partial charge in [-0.1, -0.05) is 25.8 Å². The molecule has 0 spiro atoms. The van der Waals surface area contributed by atoms with Crippen molar-refractivity contribution in [3.05, 3.63) is 35.1 Å². The zero-order chi connectivity index (χ0) is 14.9. The molecule has 2 rings (SSSR count). The Morgan fingerprint density at radius 3 is 2.45 bits per heavy atom. The number of alkyl halides is 3. The zero-order valence-electron chi connectivity index (χ0n) is 11.6. The molecule has 3 atom stereocenters. The molecule has 0 aromatic heterocycles. The lowest BCUT2D eigenvalue weighted by Gasteiger charge is -2.27. The predicted molar refractivity (Wildman–Crippen MR) is 69.7 cm³/mol. The third kappa shape index (κ3) is 2.97. The second-order valence-electron chi connectivity index (χ2n) is 5.58. The lowest BCUT2D eigenvalue weighted by molar-refractivity contribution is -0.140. The van der Waals surface area contributed by atoms with Gasteiger partial charge < -0.3 is 5.32 Å². The van der Waals surface area contributed by atoms with Crippen LogP contribution in [0.3, 0.4) is 0 Å². The minimum Gasteiger partial charge on any atom is -0.313 e. The molecule has 1 aromatic rings. The van der Waals surface area contributed by atoms with Gasteiger partial charge in [-0.3, -0.25) is 0 Å². The van der Waals surface area contributed by atoms with Crippen molar-refractivity contribution in [2.24, 2.45) is 11.8 Å². The van der Waals surface area contributed by atoms with E-state index in [1.165, 1.54) is 6.07 Å². The molecule has 0 radical (unpaired) electrons. The smallest absolute Gasteiger partial charge is 0.313 e. The molecule has 1 nitrogen and oxygen atoms in total. The summed E-state index contributed by atoms with van der Waals surface area (Å²) >= 11 is 0. The van der Waals surface area contributed by atoms with Crippen LogP contribution in [0.5, 0.6) is 0 Å². The van der Waals surface area contributed by atoms with Crippen LogP contribution in [0.4, 0.5) is 17.6 Å². The molecule has 1 fully saturated rings. The van der Waals surface area contributed by atoms with Crippen LogP contribution in [0, 0.1) is 17.7 Å². The summed E-state index contributed by atoms with van der Waals surface area (Å²) in [5, 5.41) is 3.10. The molecule has 0 bridgehead atoms. The number of hydrogen-bond acceptors (Lipinski definition) is 1. The molecule has 20 heavy (non-hydrogen) atoms. The monoisotopic (exact) mass is 289 g/mol. The molecule has 0 amide bonds. The first kappa shape index (κ1) is 15.3. The lowest BCUT2D eigenvalue weighted by atomic mass is 9.85. The first-order chi connectivity index (χ1) is 9.34. The molecule has 5 heteroatoms. The molecule has 3 unspecified atom stereocenters. The van der Waals surface area contributed by atoms with Crippen molar-refractivity contribution in [3.63, 3.8) is 0 Å². The fourth-order valence-electron chi connectivity index (χ4n) is 3.25. The van der Waals surface area contributed by atoms with Gasteiger partial charge in [-0.2, -0.15) is 13.2 Å². The summed E-state index contributed by atoms with van der Waals surface area (Å²) in [6, 6.07) is 3.16. The predicted octanol–water partition coefficient (Wildman–Crippen LogP) is 4.54. The van der Waals surface area contributed by atoms with Gasteiger partial charge in [0.1, 0.15) is 5.82 Å². The van der Waals surface area contributed by atoms with E-state index in [1.54, 1.807) is 7.05 Å². The highest BCUT2D eigenvalue weighted by atomic mass is 19.4. The third-order valence-electron chi connectivity index (χ3n) is 4.32. The van der Waals surface area contributed by atoms with Gasteiger partial charge in [-0.25, -0.2) is 4.39 Å². The summed E-state index contributed by atoms with van der Waals surface area (Å²) in [7, 11) is 1.74. The Kier molecular flexibility index (Phi) is 4.37. The Balaban J connectivity index is 2.35. The van der Waals surface area contributed by atoms with Crippen molar-refractivity contribution in [3.8, 4) is 0 Å². The van der Waals surface area contributed by atoms with Crippen LogP contribution < -0.4 is 5.32 Å². The van der Waals surface area contributed by atoms with Crippen molar-refractivity contribution in [2.75, 3.05) is 7.05 Å². The molecule has 0 aliphatic heterocycles. The van der Waals surface area contributed by atoms with E-state index in [-0.39, 0.29) is 6.04 Å². The molecular weight excluding hydrogens is 270 g/mol. The van der Waals surface area contributed by atoms with Crippen molar-refractivity contribution in [1.82, 2.24) is 5.32 Å². The van der Waals surface area contributed by atoms with Crippen LogP contribution in [0.25, 0.3) is 0 Å². The Labute approximate surface area is 116 Å². The molecule has 1 aliphatic carbocycles. The quantitative estimate of drug-likeness (QED) is 0.805. The van der Waals surface area contributed by atoms with Gasteiger partial charge in [0.05, 0.1) is 5.56 Å². The molecule has 1 N–H and O–H groups in total. The molecule has 1 aliphatic rings. The van der Waals surface area contributed by atoms with Crippen LogP contribution in [-0.4, -0.2) is 7.05 Å². The summed E-state index contributed by atoms with van der Waals surface area (Å²) in [6.45, 7) is 2.12. The van der Waals surface area contributed by atoms with Gasteiger partial charge in [-0.05, 0) is 43.0 Å². The van der Waals surface area contributed by atoms with Crippen LogP contribution in [0.2, 0.25) is 0 Å². The molecule has 0 saturated heterocycles. The van der Waals surface area contributed by atoms with E-state index in [0.29, 0.717) is 17.4 Å². The Morgan fingerprint density at radius 2 is 1.95 bits per heavy atom. The Bertz CT molecular complexity index is 469. The number of hydrogen-bond donors (Lipinski definition) is 1. The normalized spacial score (nSPS) is 24.9. The van der Waals surface area contributed by atoms with E-state index in [2.05, 4.69) is 12.2 Å². The Hall–Kier alpha value is -1.10. The first-order valence-corrected chi connectivity index (χ1v) is 6.88. The molecule has 1 aromatic carbocycles. The minimum absolute atomic E-state index is 0.158. The topological polar surface area (TPSA) is 12.0 Å². The highest BCUT2D eigenvalue weighted by Gasteiger charge is 2.36. The van der Waals surface area contributed by atoms with Crippen molar-refractivity contribution in [1.29, 1.82) is 0 Å². The lowest BCUT2D eigenvalue weighted by Crippen LogP contribution is -2.27. The molecule has 1 saturated carbocycles.